The highest BCUT2D eigenvalue weighted by atomic mass is 32.1. The van der Waals surface area contributed by atoms with Crippen LogP contribution in [0.1, 0.15) is 34.5 Å². The van der Waals surface area contributed by atoms with E-state index in [4.69, 9.17) is 9.47 Å². The highest BCUT2D eigenvalue weighted by Gasteiger charge is 2.46. The van der Waals surface area contributed by atoms with Gasteiger partial charge in [-0.1, -0.05) is 12.1 Å². The van der Waals surface area contributed by atoms with Crippen molar-refractivity contribution in [2.75, 3.05) is 13.7 Å². The van der Waals surface area contributed by atoms with E-state index in [0.717, 1.165) is 4.88 Å². The minimum absolute atomic E-state index is 0.0111. The van der Waals surface area contributed by atoms with Crippen molar-refractivity contribution in [2.45, 2.75) is 26.4 Å². The van der Waals surface area contributed by atoms with Gasteiger partial charge in [-0.2, -0.15) is 0 Å². The molecule has 176 valence electrons. The molecule has 1 fully saturated rings. The number of aromatic hydroxyl groups is 1. The first-order valence-electron chi connectivity index (χ1n) is 10.8. The number of hydrogen-bond donors (Lipinski definition) is 2. The van der Waals surface area contributed by atoms with Crippen LogP contribution in [0, 0.1) is 6.92 Å². The van der Waals surface area contributed by atoms with Crippen LogP contribution < -0.4 is 9.47 Å². The van der Waals surface area contributed by atoms with Gasteiger partial charge in [0.25, 0.3) is 11.7 Å². The smallest absolute Gasteiger partial charge is 0.295 e. The van der Waals surface area contributed by atoms with Gasteiger partial charge in [0.2, 0.25) is 0 Å². The van der Waals surface area contributed by atoms with Crippen LogP contribution in [0.2, 0.25) is 0 Å². The van der Waals surface area contributed by atoms with E-state index in [1.54, 1.807) is 51.3 Å². The standard InChI is InChI=1S/C26H25NO6S/c1-4-33-21-13-16(7-10-20(21)28)23-22(24(29)19-9-8-17(32-3)12-15(19)2)25(30)26(31)27(23)14-18-6-5-11-34-18/h5-13,23,28-29H,4,14H2,1-3H3/b24-22+. The first kappa shape index (κ1) is 23.4. The number of benzene rings is 2. The van der Waals surface area contributed by atoms with Gasteiger partial charge in [0.1, 0.15) is 11.5 Å². The number of carbonyl (C=O) groups is 2. The molecule has 2 N–H and O–H groups in total. The molecule has 0 radical (unpaired) electrons. The van der Waals surface area contributed by atoms with Crippen LogP contribution in [0.15, 0.2) is 59.5 Å². The summed E-state index contributed by atoms with van der Waals surface area (Å²) in [5.41, 5.74) is 1.66. The van der Waals surface area contributed by atoms with E-state index in [1.807, 2.05) is 17.5 Å². The maximum absolute atomic E-state index is 13.2. The molecule has 1 saturated heterocycles. The Bertz CT molecular complexity index is 1260. The van der Waals surface area contributed by atoms with E-state index in [-0.39, 0.29) is 29.4 Å². The van der Waals surface area contributed by atoms with Gasteiger partial charge in [-0.25, -0.2) is 0 Å². The van der Waals surface area contributed by atoms with Gasteiger partial charge in [-0.05, 0) is 66.8 Å². The summed E-state index contributed by atoms with van der Waals surface area (Å²) >= 11 is 1.47. The lowest BCUT2D eigenvalue weighted by atomic mass is 9.93. The molecule has 1 unspecified atom stereocenters. The van der Waals surface area contributed by atoms with E-state index in [2.05, 4.69) is 0 Å². The molecule has 0 aliphatic carbocycles. The Morgan fingerprint density at radius 2 is 1.94 bits per heavy atom. The topological polar surface area (TPSA) is 96.3 Å². The summed E-state index contributed by atoms with van der Waals surface area (Å²) in [6, 6.07) is 12.7. The average Bonchev–Trinajstić information content (AvgIpc) is 3.42. The monoisotopic (exact) mass is 479 g/mol. The molecule has 2 heterocycles. The first-order valence-corrected chi connectivity index (χ1v) is 11.6. The SMILES string of the molecule is CCOc1cc(C2/C(=C(\O)c3ccc(OC)cc3C)C(=O)C(=O)N2Cc2cccs2)ccc1O. The van der Waals surface area contributed by atoms with Gasteiger partial charge in [-0.3, -0.25) is 9.59 Å². The second-order valence-corrected chi connectivity index (χ2v) is 8.88. The molecular formula is C26H25NO6S. The number of ether oxygens (including phenoxy) is 2. The summed E-state index contributed by atoms with van der Waals surface area (Å²) in [6.45, 7) is 4.12. The Hall–Kier alpha value is -3.78. The van der Waals surface area contributed by atoms with Crippen molar-refractivity contribution in [3.63, 3.8) is 0 Å². The fourth-order valence-electron chi connectivity index (χ4n) is 4.11. The molecule has 1 aliphatic heterocycles. The lowest BCUT2D eigenvalue weighted by Gasteiger charge is -2.25. The lowest BCUT2D eigenvalue weighted by molar-refractivity contribution is -0.140. The van der Waals surface area contributed by atoms with Crippen molar-refractivity contribution in [2.24, 2.45) is 0 Å². The van der Waals surface area contributed by atoms with Gasteiger partial charge in [0.15, 0.2) is 11.5 Å². The number of carbonyl (C=O) groups excluding carboxylic acids is 2. The van der Waals surface area contributed by atoms with Crippen LogP contribution >= 0.6 is 11.3 Å². The molecule has 3 aromatic rings. The van der Waals surface area contributed by atoms with Crippen molar-refractivity contribution >= 4 is 28.8 Å². The maximum atomic E-state index is 13.2. The summed E-state index contributed by atoms with van der Waals surface area (Å²) < 4.78 is 10.8. The Morgan fingerprint density at radius 3 is 2.59 bits per heavy atom. The Kier molecular flexibility index (Phi) is 6.61. The van der Waals surface area contributed by atoms with Crippen molar-refractivity contribution in [1.29, 1.82) is 0 Å². The molecule has 1 atom stereocenters. The van der Waals surface area contributed by atoms with E-state index < -0.39 is 17.7 Å². The van der Waals surface area contributed by atoms with Crippen molar-refractivity contribution < 1.29 is 29.3 Å². The molecule has 0 bridgehead atoms. The quantitative estimate of drug-likeness (QED) is 0.287. The zero-order valence-corrected chi connectivity index (χ0v) is 19.9. The Balaban J connectivity index is 1.90. The minimum atomic E-state index is -0.858. The number of aliphatic hydroxyl groups excluding tert-OH is 1. The van der Waals surface area contributed by atoms with Gasteiger partial charge >= 0.3 is 0 Å². The number of aryl methyl sites for hydroxylation is 1. The van der Waals surface area contributed by atoms with E-state index >= 15 is 0 Å². The van der Waals surface area contributed by atoms with Crippen molar-refractivity contribution in [3.05, 3.63) is 81.1 Å². The molecule has 1 aromatic heterocycles. The zero-order chi connectivity index (χ0) is 24.4. The summed E-state index contributed by atoms with van der Waals surface area (Å²) in [7, 11) is 1.55. The number of phenolic OH excluding ortho intramolecular Hbond substituents is 1. The van der Waals surface area contributed by atoms with Crippen LogP contribution in [0.25, 0.3) is 5.76 Å². The van der Waals surface area contributed by atoms with E-state index in [1.165, 1.54) is 22.3 Å². The van der Waals surface area contributed by atoms with Crippen LogP contribution in [-0.2, 0) is 16.1 Å². The van der Waals surface area contributed by atoms with E-state index in [9.17, 15) is 19.8 Å². The highest BCUT2D eigenvalue weighted by Crippen LogP contribution is 2.43. The molecule has 8 heteroatoms. The largest absolute Gasteiger partial charge is 0.507 e. The summed E-state index contributed by atoms with van der Waals surface area (Å²) in [4.78, 5) is 28.7. The fourth-order valence-corrected chi connectivity index (χ4v) is 4.81. The lowest BCUT2D eigenvalue weighted by Crippen LogP contribution is -2.28. The number of nitrogens with zero attached hydrogens (tertiary/aromatic N) is 1. The number of hydrogen-bond acceptors (Lipinski definition) is 7. The molecule has 1 aliphatic rings. The first-order chi connectivity index (χ1) is 16.3. The van der Waals surface area contributed by atoms with E-state index in [0.29, 0.717) is 29.0 Å². The second kappa shape index (κ2) is 9.61. The third kappa shape index (κ3) is 4.24. The number of likely N-dealkylation sites (tertiary alicyclic amines) is 1. The molecule has 34 heavy (non-hydrogen) atoms. The number of rotatable bonds is 7. The van der Waals surface area contributed by atoms with Crippen LogP contribution in [-0.4, -0.2) is 40.5 Å². The third-order valence-electron chi connectivity index (χ3n) is 5.73. The Morgan fingerprint density at radius 1 is 1.15 bits per heavy atom. The van der Waals surface area contributed by atoms with Crippen molar-refractivity contribution in [3.8, 4) is 17.2 Å². The number of ketones is 1. The predicted molar refractivity (Wildman–Crippen MR) is 129 cm³/mol. The number of aliphatic hydroxyl groups is 1. The second-order valence-electron chi connectivity index (χ2n) is 7.85. The minimum Gasteiger partial charge on any atom is -0.507 e. The van der Waals surface area contributed by atoms with Gasteiger partial charge in [0, 0.05) is 10.4 Å². The summed E-state index contributed by atoms with van der Waals surface area (Å²) in [5.74, 6) is -0.918. The molecule has 2 aromatic carbocycles. The van der Waals surface area contributed by atoms with Crippen LogP contribution in [0.4, 0.5) is 0 Å². The van der Waals surface area contributed by atoms with Crippen LogP contribution in [0.5, 0.6) is 17.2 Å². The number of amides is 1. The zero-order valence-electron chi connectivity index (χ0n) is 19.1. The van der Waals surface area contributed by atoms with Crippen LogP contribution in [0.3, 0.4) is 0 Å². The summed E-state index contributed by atoms with van der Waals surface area (Å²) in [6.07, 6.45) is 0. The number of Topliss-reactive ketones (excluding diaryl/α,β-unsaturated/α-hetero) is 1. The maximum Gasteiger partial charge on any atom is 0.295 e. The van der Waals surface area contributed by atoms with Gasteiger partial charge in [-0.15, -0.1) is 11.3 Å². The van der Waals surface area contributed by atoms with Gasteiger partial charge < -0.3 is 24.6 Å². The normalized spacial score (nSPS) is 17.3. The molecular weight excluding hydrogens is 454 g/mol. The number of methoxy groups -OCH3 is 1. The van der Waals surface area contributed by atoms with Gasteiger partial charge in [0.05, 0.1) is 31.9 Å². The third-order valence-corrected chi connectivity index (χ3v) is 6.60. The fraction of sp³-hybridized carbons (Fsp3) is 0.231. The molecule has 4 rings (SSSR count). The number of thiophene rings is 1. The highest BCUT2D eigenvalue weighted by molar-refractivity contribution is 7.09. The number of phenols is 1. The molecule has 7 nitrogen and oxygen atoms in total. The molecule has 1 amide bonds. The predicted octanol–water partition coefficient (Wildman–Crippen LogP) is 4.79. The molecule has 0 spiro atoms. The van der Waals surface area contributed by atoms with Crippen molar-refractivity contribution in [1.82, 2.24) is 4.90 Å². The molecule has 0 saturated carbocycles. The summed E-state index contributed by atoms with van der Waals surface area (Å²) in [5, 5.41) is 23.4. The Labute approximate surface area is 201 Å². The average molecular weight is 480 g/mol.